The van der Waals surface area contributed by atoms with E-state index in [2.05, 4.69) is 16.0 Å². The summed E-state index contributed by atoms with van der Waals surface area (Å²) in [6.45, 7) is 14.2. The lowest BCUT2D eigenvalue weighted by atomic mass is 9.74. The summed E-state index contributed by atoms with van der Waals surface area (Å²) in [5.74, 6) is -2.20. The average Bonchev–Trinajstić information content (AvgIpc) is 3.06. The first kappa shape index (κ1) is 40.4. The first-order valence-electron chi connectivity index (χ1n) is 18.6. The van der Waals surface area contributed by atoms with Crippen LogP contribution in [0.1, 0.15) is 104 Å². The molecular formula is C40H58N4O8. The number of allylic oxidation sites excluding steroid dienone is 2. The van der Waals surface area contributed by atoms with Crippen molar-refractivity contribution >= 4 is 30.0 Å². The van der Waals surface area contributed by atoms with E-state index in [1.807, 2.05) is 64.1 Å². The summed E-state index contributed by atoms with van der Waals surface area (Å²) >= 11 is 0. The van der Waals surface area contributed by atoms with E-state index < -0.39 is 34.7 Å². The van der Waals surface area contributed by atoms with Crippen LogP contribution >= 0.6 is 0 Å². The number of amides is 4. The maximum Gasteiger partial charge on any atom is 0.410 e. The quantitative estimate of drug-likeness (QED) is 0.214. The number of aryl methyl sites for hydroxylation is 1. The second-order valence-electron chi connectivity index (χ2n) is 16.6. The Morgan fingerprint density at radius 1 is 0.885 bits per heavy atom. The van der Waals surface area contributed by atoms with E-state index in [1.165, 1.54) is 0 Å². The Kier molecular flexibility index (Phi) is 13.2. The molecule has 52 heavy (non-hydrogen) atoms. The molecule has 0 radical (unpaired) electrons. The van der Waals surface area contributed by atoms with Gasteiger partial charge in [-0.25, -0.2) is 14.4 Å². The van der Waals surface area contributed by atoms with Gasteiger partial charge in [-0.15, -0.1) is 0 Å². The van der Waals surface area contributed by atoms with Gasteiger partial charge in [0.1, 0.15) is 17.2 Å². The first-order chi connectivity index (χ1) is 24.3. The third kappa shape index (κ3) is 11.6. The van der Waals surface area contributed by atoms with Gasteiger partial charge in [-0.05, 0) is 110 Å². The van der Waals surface area contributed by atoms with Crippen LogP contribution in [-0.4, -0.2) is 82.9 Å². The predicted octanol–water partition coefficient (Wildman–Crippen LogP) is 6.00. The zero-order valence-corrected chi connectivity index (χ0v) is 31.8. The van der Waals surface area contributed by atoms with Crippen LogP contribution in [0.15, 0.2) is 48.6 Å². The Morgan fingerprint density at radius 3 is 2.04 bits per heavy atom. The molecule has 0 bridgehead atoms. The Morgan fingerprint density at radius 2 is 1.48 bits per heavy atom. The van der Waals surface area contributed by atoms with Crippen molar-refractivity contribution in [2.24, 2.45) is 17.3 Å². The van der Waals surface area contributed by atoms with Crippen LogP contribution in [0.4, 0.5) is 9.59 Å². The molecule has 1 saturated heterocycles. The van der Waals surface area contributed by atoms with Crippen LogP contribution in [0.5, 0.6) is 0 Å². The normalized spacial score (nSPS) is 24.4. The first-order valence-corrected chi connectivity index (χ1v) is 18.6. The van der Waals surface area contributed by atoms with Gasteiger partial charge in [0.05, 0.1) is 5.41 Å². The van der Waals surface area contributed by atoms with E-state index in [-0.39, 0.29) is 48.1 Å². The summed E-state index contributed by atoms with van der Waals surface area (Å²) < 4.78 is 10.8. The Labute approximate surface area is 308 Å². The van der Waals surface area contributed by atoms with Crippen LogP contribution in [0.25, 0.3) is 0 Å². The van der Waals surface area contributed by atoms with Crippen molar-refractivity contribution in [3.63, 3.8) is 0 Å². The standard InChI is InChI=1S/C40H58N4O8/c1-26-10-8-9-11-31(26)28-16-20-40(21-17-28,35(48)42-30-18-22-44(23-19-30)37(50)52-39(5,6)7)24-32(34(46)47)43-33(45)29-14-12-27(13-15-29)25-41-36(49)51-38(2,3)4/h8-11,16-17,20-21,27-30,32H,12-15,18-19,22-25H2,1-7H3,(H,41,49)(H,42,48)(H,43,45)(H,46,47)/t27?,28?,29?,32-,40?/m0/s1. The van der Waals surface area contributed by atoms with Gasteiger partial charge < -0.3 is 35.4 Å². The monoisotopic (exact) mass is 722 g/mol. The highest BCUT2D eigenvalue weighted by atomic mass is 16.6. The molecule has 2 fully saturated rings. The summed E-state index contributed by atoms with van der Waals surface area (Å²) in [4.78, 5) is 66.7. The van der Waals surface area contributed by atoms with Crippen molar-refractivity contribution in [1.29, 1.82) is 0 Å². The molecule has 4 rings (SSSR count). The summed E-state index contributed by atoms with van der Waals surface area (Å²) in [5, 5.41) is 19.1. The predicted molar refractivity (Wildman–Crippen MR) is 197 cm³/mol. The number of piperidine rings is 1. The summed E-state index contributed by atoms with van der Waals surface area (Å²) in [7, 11) is 0. The van der Waals surface area contributed by atoms with E-state index in [0.717, 1.165) is 11.1 Å². The van der Waals surface area contributed by atoms with Crippen molar-refractivity contribution in [1.82, 2.24) is 20.9 Å². The van der Waals surface area contributed by atoms with Gasteiger partial charge >= 0.3 is 18.2 Å². The molecule has 1 heterocycles. The Balaban J connectivity index is 1.42. The molecule has 3 aliphatic rings. The van der Waals surface area contributed by atoms with Gasteiger partial charge in [0.25, 0.3) is 0 Å². The van der Waals surface area contributed by atoms with Crippen molar-refractivity contribution in [3.8, 4) is 0 Å². The maximum absolute atomic E-state index is 14.2. The van der Waals surface area contributed by atoms with Crippen LogP contribution in [-0.2, 0) is 23.9 Å². The topological polar surface area (TPSA) is 163 Å². The van der Waals surface area contributed by atoms with Gasteiger partial charge in [-0.3, -0.25) is 9.59 Å². The molecule has 0 spiro atoms. The third-order valence-corrected chi connectivity index (χ3v) is 9.96. The van der Waals surface area contributed by atoms with E-state index in [0.29, 0.717) is 58.2 Å². The van der Waals surface area contributed by atoms with Gasteiger partial charge in [-0.1, -0.05) is 48.6 Å². The number of rotatable bonds is 10. The molecule has 0 unspecified atom stereocenters. The van der Waals surface area contributed by atoms with Gasteiger partial charge in [0.15, 0.2) is 0 Å². The average molecular weight is 723 g/mol. The molecule has 286 valence electrons. The molecule has 0 aromatic heterocycles. The SMILES string of the molecule is Cc1ccccc1C1C=CC(C[C@H](NC(=O)C2CCC(CNC(=O)OC(C)(C)C)CC2)C(=O)O)(C(=O)NC2CCN(C(=O)OC(C)(C)C)CC2)C=C1. The van der Waals surface area contributed by atoms with Gasteiger partial charge in [0.2, 0.25) is 11.8 Å². The lowest BCUT2D eigenvalue weighted by Gasteiger charge is -2.37. The number of carboxylic acid groups (broad SMARTS) is 1. The molecule has 1 aromatic rings. The molecule has 1 atom stereocenters. The zero-order valence-electron chi connectivity index (χ0n) is 31.8. The van der Waals surface area contributed by atoms with Crippen molar-refractivity contribution in [2.75, 3.05) is 19.6 Å². The van der Waals surface area contributed by atoms with Gasteiger partial charge in [0, 0.05) is 37.5 Å². The molecule has 1 aliphatic heterocycles. The minimum absolute atomic E-state index is 0.0999. The second-order valence-corrected chi connectivity index (χ2v) is 16.6. The number of benzene rings is 1. The fraction of sp³-hybridized carbons (Fsp3) is 0.625. The van der Waals surface area contributed by atoms with Crippen LogP contribution in [0.3, 0.4) is 0 Å². The molecular weight excluding hydrogens is 664 g/mol. The van der Waals surface area contributed by atoms with Crippen molar-refractivity contribution in [2.45, 2.75) is 123 Å². The summed E-state index contributed by atoms with van der Waals surface area (Å²) in [5.41, 5.74) is -0.351. The van der Waals surface area contributed by atoms with E-state index >= 15 is 0 Å². The molecule has 4 N–H and O–H groups in total. The minimum atomic E-state index is -1.33. The second kappa shape index (κ2) is 17.0. The number of aliphatic carboxylic acids is 1. The maximum atomic E-state index is 14.2. The number of nitrogens with zero attached hydrogens (tertiary/aromatic N) is 1. The number of likely N-dealkylation sites (tertiary alicyclic amines) is 1. The number of carboxylic acids is 1. The summed E-state index contributed by atoms with van der Waals surface area (Å²) in [6, 6.07) is 6.44. The minimum Gasteiger partial charge on any atom is -0.480 e. The molecule has 12 heteroatoms. The van der Waals surface area contributed by atoms with E-state index in [9.17, 15) is 29.1 Å². The molecule has 1 aromatic carbocycles. The Bertz CT molecular complexity index is 1490. The molecule has 1 saturated carbocycles. The van der Waals surface area contributed by atoms with Gasteiger partial charge in [-0.2, -0.15) is 0 Å². The largest absolute Gasteiger partial charge is 0.480 e. The number of hydrogen-bond donors (Lipinski definition) is 4. The number of ether oxygens (including phenoxy) is 2. The number of nitrogens with one attached hydrogen (secondary N) is 3. The number of carbonyl (C=O) groups excluding carboxylic acids is 4. The Hall–Kier alpha value is -4.35. The summed E-state index contributed by atoms with van der Waals surface area (Å²) in [6.07, 6.45) is 9.96. The van der Waals surface area contributed by atoms with Crippen molar-refractivity contribution < 1.29 is 38.6 Å². The van der Waals surface area contributed by atoms with Crippen molar-refractivity contribution in [3.05, 3.63) is 59.7 Å². The molecule has 4 amide bonds. The number of alkyl carbamates (subject to hydrolysis) is 1. The highest BCUT2D eigenvalue weighted by Gasteiger charge is 2.42. The fourth-order valence-electron chi connectivity index (χ4n) is 7.07. The smallest absolute Gasteiger partial charge is 0.410 e. The highest BCUT2D eigenvalue weighted by molar-refractivity contribution is 5.90. The highest BCUT2D eigenvalue weighted by Crippen LogP contribution is 2.38. The molecule has 2 aliphatic carbocycles. The van der Waals surface area contributed by atoms with Crippen LogP contribution in [0, 0.1) is 24.2 Å². The van der Waals surface area contributed by atoms with E-state index in [4.69, 9.17) is 9.47 Å². The zero-order chi connectivity index (χ0) is 38.3. The number of hydrogen-bond acceptors (Lipinski definition) is 7. The lowest BCUT2D eigenvalue weighted by Crippen LogP contribution is -2.53. The third-order valence-electron chi connectivity index (χ3n) is 9.96. The molecule has 12 nitrogen and oxygen atoms in total. The fourth-order valence-corrected chi connectivity index (χ4v) is 7.07. The lowest BCUT2D eigenvalue weighted by molar-refractivity contribution is -0.144. The van der Waals surface area contributed by atoms with E-state index in [1.54, 1.807) is 37.8 Å². The van der Waals surface area contributed by atoms with Crippen LogP contribution in [0.2, 0.25) is 0 Å². The van der Waals surface area contributed by atoms with Crippen LogP contribution < -0.4 is 16.0 Å². The number of carbonyl (C=O) groups is 5.